The summed E-state index contributed by atoms with van der Waals surface area (Å²) in [7, 11) is 0. The first-order valence-corrected chi connectivity index (χ1v) is 17.8. The van der Waals surface area contributed by atoms with Crippen LogP contribution in [-0.4, -0.2) is 5.84 Å². The maximum Gasteiger partial charge on any atom is 0.127 e. The minimum absolute atomic E-state index is 0.469. The molecule has 0 heterocycles. The first kappa shape index (κ1) is 31.0. The average molecular weight is 658 g/mol. The zero-order valence-corrected chi connectivity index (χ0v) is 28.6. The van der Waals surface area contributed by atoms with Gasteiger partial charge in [-0.05, 0) is 96.1 Å². The number of aliphatic imine (C=N–C) groups is 1. The van der Waals surface area contributed by atoms with Crippen molar-refractivity contribution in [3.8, 4) is 22.3 Å². The molecule has 3 unspecified atom stereocenters. The molecule has 2 aliphatic carbocycles. The zero-order valence-electron chi connectivity index (χ0n) is 28.6. The minimum atomic E-state index is -0.629. The van der Waals surface area contributed by atoms with Crippen molar-refractivity contribution < 1.29 is 0 Å². The van der Waals surface area contributed by atoms with Gasteiger partial charge in [0.25, 0.3) is 0 Å². The number of hydrogen-bond donors (Lipinski definition) is 2. The van der Waals surface area contributed by atoms with E-state index in [0.29, 0.717) is 11.8 Å². The van der Waals surface area contributed by atoms with Crippen molar-refractivity contribution in [2.45, 2.75) is 24.9 Å². The second-order valence-corrected chi connectivity index (χ2v) is 13.9. The van der Waals surface area contributed by atoms with Crippen LogP contribution in [0.2, 0.25) is 0 Å². The van der Waals surface area contributed by atoms with Crippen LogP contribution in [0.15, 0.2) is 180 Å². The van der Waals surface area contributed by atoms with Crippen molar-refractivity contribution in [1.29, 1.82) is 0 Å². The molecule has 3 atom stereocenters. The van der Waals surface area contributed by atoms with Crippen LogP contribution in [-0.2, 0) is 5.41 Å². The van der Waals surface area contributed by atoms with Gasteiger partial charge >= 0.3 is 0 Å². The fourth-order valence-electron chi connectivity index (χ4n) is 8.39. The lowest BCUT2D eigenvalue weighted by molar-refractivity contribution is 0.732. The van der Waals surface area contributed by atoms with Crippen molar-refractivity contribution >= 4 is 27.4 Å². The van der Waals surface area contributed by atoms with Gasteiger partial charge in [0.05, 0.1) is 5.41 Å². The Kier molecular flexibility index (Phi) is 7.52. The maximum atomic E-state index is 6.92. The van der Waals surface area contributed by atoms with Gasteiger partial charge in [-0.3, -0.25) is 0 Å². The zero-order chi connectivity index (χ0) is 34.5. The van der Waals surface area contributed by atoms with Gasteiger partial charge in [0, 0.05) is 5.57 Å². The van der Waals surface area contributed by atoms with E-state index in [0.717, 1.165) is 39.5 Å². The molecule has 0 bridgehead atoms. The van der Waals surface area contributed by atoms with E-state index in [1.54, 1.807) is 0 Å². The molecular weight excluding hydrogens is 619 g/mol. The molecular formula is C48H39N3. The van der Waals surface area contributed by atoms with Gasteiger partial charge in [-0.2, -0.15) is 0 Å². The van der Waals surface area contributed by atoms with Gasteiger partial charge in [0.2, 0.25) is 0 Å². The Hall–Kier alpha value is -6.03. The molecule has 3 heteroatoms. The summed E-state index contributed by atoms with van der Waals surface area (Å²) in [6.45, 7) is 2.20. The fourth-order valence-corrected chi connectivity index (χ4v) is 8.39. The normalized spacial score (nSPS) is 18.7. The van der Waals surface area contributed by atoms with E-state index in [1.807, 2.05) is 0 Å². The lowest BCUT2D eigenvalue weighted by atomic mass is 9.67. The lowest BCUT2D eigenvalue weighted by Gasteiger charge is -2.34. The molecule has 0 fully saturated rings. The van der Waals surface area contributed by atoms with Crippen LogP contribution in [0.4, 0.5) is 0 Å². The monoisotopic (exact) mass is 657 g/mol. The molecule has 2 aliphatic rings. The number of rotatable bonds is 6. The molecule has 0 radical (unpaired) electrons. The quantitative estimate of drug-likeness (QED) is 0.138. The Morgan fingerprint density at radius 2 is 1.33 bits per heavy atom. The second kappa shape index (κ2) is 12.4. The second-order valence-electron chi connectivity index (χ2n) is 13.9. The highest BCUT2D eigenvalue weighted by molar-refractivity contribution is 6.04. The number of allylic oxidation sites excluding steroid dienone is 2. The summed E-state index contributed by atoms with van der Waals surface area (Å²) in [6, 6.07) is 55.2. The van der Waals surface area contributed by atoms with E-state index in [4.69, 9.17) is 16.5 Å². The molecule has 0 spiro atoms. The van der Waals surface area contributed by atoms with Crippen LogP contribution in [0, 0.1) is 5.92 Å². The van der Waals surface area contributed by atoms with E-state index < -0.39 is 11.6 Å². The Labute approximate surface area is 299 Å². The van der Waals surface area contributed by atoms with Gasteiger partial charge in [-0.25, -0.2) is 4.99 Å². The number of benzene rings is 7. The van der Waals surface area contributed by atoms with Gasteiger partial charge in [0.15, 0.2) is 0 Å². The maximum absolute atomic E-state index is 6.92. The topological polar surface area (TPSA) is 64.4 Å². The van der Waals surface area contributed by atoms with Crippen LogP contribution < -0.4 is 11.5 Å². The summed E-state index contributed by atoms with van der Waals surface area (Å²) in [6.07, 6.45) is 6.71. The van der Waals surface area contributed by atoms with E-state index in [9.17, 15) is 0 Å². The summed E-state index contributed by atoms with van der Waals surface area (Å²) < 4.78 is 0. The van der Waals surface area contributed by atoms with E-state index >= 15 is 0 Å². The SMILES string of the molecule is CC1C=CC(C(N)=NC(N)c2cc3ccccc3cc2-c2ccc(C3(c4ccccc4)c4ccccc4-c4c3ccc3ccccc43)cc2)=CC1. The van der Waals surface area contributed by atoms with E-state index in [1.165, 1.54) is 44.2 Å². The minimum Gasteiger partial charge on any atom is -0.383 e. The van der Waals surface area contributed by atoms with Crippen molar-refractivity contribution in [3.05, 3.63) is 203 Å². The molecule has 246 valence electrons. The Bertz CT molecular complexity index is 2540. The number of nitrogens with two attached hydrogens (primary N) is 2. The summed E-state index contributed by atoms with van der Waals surface area (Å²) in [4.78, 5) is 4.85. The van der Waals surface area contributed by atoms with Crippen molar-refractivity contribution in [1.82, 2.24) is 0 Å². The molecule has 4 N–H and O–H groups in total. The van der Waals surface area contributed by atoms with Crippen molar-refractivity contribution in [2.24, 2.45) is 22.4 Å². The third-order valence-electron chi connectivity index (χ3n) is 10.9. The van der Waals surface area contributed by atoms with Gasteiger partial charge in [-0.15, -0.1) is 0 Å². The van der Waals surface area contributed by atoms with Gasteiger partial charge in [0.1, 0.15) is 12.0 Å². The molecule has 0 saturated carbocycles. The molecule has 7 aromatic rings. The molecule has 51 heavy (non-hydrogen) atoms. The molecule has 7 aromatic carbocycles. The molecule has 0 amide bonds. The van der Waals surface area contributed by atoms with Crippen molar-refractivity contribution in [2.75, 3.05) is 0 Å². The smallest absolute Gasteiger partial charge is 0.127 e. The number of amidine groups is 1. The third-order valence-corrected chi connectivity index (χ3v) is 10.9. The van der Waals surface area contributed by atoms with Crippen LogP contribution in [0.25, 0.3) is 43.8 Å². The number of fused-ring (bicyclic) bond motifs is 6. The summed E-state index contributed by atoms with van der Waals surface area (Å²) in [5.41, 5.74) is 24.7. The van der Waals surface area contributed by atoms with Gasteiger partial charge in [-0.1, -0.05) is 165 Å². The highest BCUT2D eigenvalue weighted by Gasteiger charge is 2.46. The highest BCUT2D eigenvalue weighted by atomic mass is 15.0. The van der Waals surface area contributed by atoms with Crippen molar-refractivity contribution in [3.63, 3.8) is 0 Å². The third kappa shape index (κ3) is 5.04. The van der Waals surface area contributed by atoms with Gasteiger partial charge < -0.3 is 11.5 Å². The number of nitrogens with zero attached hydrogens (tertiary/aromatic N) is 1. The van der Waals surface area contributed by atoms with Crippen LogP contribution in [0.3, 0.4) is 0 Å². The summed E-state index contributed by atoms with van der Waals surface area (Å²) in [5, 5.41) is 4.80. The number of hydrogen-bond acceptors (Lipinski definition) is 2. The molecule has 9 rings (SSSR count). The largest absolute Gasteiger partial charge is 0.383 e. The molecule has 0 saturated heterocycles. The van der Waals surface area contributed by atoms with Crippen LogP contribution in [0.1, 0.15) is 47.3 Å². The Balaban J connectivity index is 1.22. The summed E-state index contributed by atoms with van der Waals surface area (Å²) >= 11 is 0. The van der Waals surface area contributed by atoms with Crippen LogP contribution in [0.5, 0.6) is 0 Å². The highest BCUT2D eigenvalue weighted by Crippen LogP contribution is 2.57. The predicted molar refractivity (Wildman–Crippen MR) is 214 cm³/mol. The molecule has 3 nitrogen and oxygen atoms in total. The lowest BCUT2D eigenvalue weighted by Crippen LogP contribution is -2.28. The predicted octanol–water partition coefficient (Wildman–Crippen LogP) is 10.9. The fraction of sp³-hybridized carbons (Fsp3) is 0.104. The first-order valence-electron chi connectivity index (χ1n) is 17.8. The Morgan fingerprint density at radius 1 is 0.667 bits per heavy atom. The molecule has 0 aromatic heterocycles. The van der Waals surface area contributed by atoms with E-state index in [-0.39, 0.29) is 0 Å². The Morgan fingerprint density at radius 3 is 2.10 bits per heavy atom. The van der Waals surface area contributed by atoms with E-state index in [2.05, 4.69) is 177 Å². The average Bonchev–Trinajstić information content (AvgIpc) is 3.49. The van der Waals surface area contributed by atoms with Crippen LogP contribution >= 0.6 is 0 Å². The standard InChI is InChI=1S/C48H39N3/c1-31-19-21-34(22-20-31)46(49)51-47(50)42-30-36-13-6-5-12-35(36)29-41(42)33-23-26-38(27-24-33)48(37-14-3-2-4-15-37)43-18-10-9-17-40(43)45-39-16-8-7-11-32(39)25-28-44(45)48/h2-19,21-31,47H,20,50H2,1H3,(H2,49,51). The summed E-state index contributed by atoms with van der Waals surface area (Å²) in [5.74, 6) is 0.966. The first-order chi connectivity index (χ1) is 25.0. The molecule has 0 aliphatic heterocycles.